The first-order valence-corrected chi connectivity index (χ1v) is 8.02. The Labute approximate surface area is 132 Å². The van der Waals surface area contributed by atoms with E-state index in [1.54, 1.807) is 10.9 Å². The summed E-state index contributed by atoms with van der Waals surface area (Å²) in [6.45, 7) is 3.79. The van der Waals surface area contributed by atoms with Crippen molar-refractivity contribution in [2.45, 2.75) is 30.5 Å². The van der Waals surface area contributed by atoms with Crippen LogP contribution in [0.25, 0.3) is 16.7 Å². The zero-order chi connectivity index (χ0) is 15.5. The topological polar surface area (TPSA) is 60.7 Å². The first-order valence-electron chi connectivity index (χ1n) is 7.14. The van der Waals surface area contributed by atoms with Gasteiger partial charge < -0.3 is 0 Å². The van der Waals surface area contributed by atoms with Crippen LogP contribution in [0.2, 0.25) is 0 Å². The molecule has 22 heavy (non-hydrogen) atoms. The predicted octanol–water partition coefficient (Wildman–Crippen LogP) is 3.28. The molecule has 0 aliphatic rings. The van der Waals surface area contributed by atoms with Gasteiger partial charge in [0, 0.05) is 6.42 Å². The van der Waals surface area contributed by atoms with E-state index >= 15 is 0 Å². The van der Waals surface area contributed by atoms with Crippen LogP contribution in [-0.4, -0.2) is 30.8 Å². The quantitative estimate of drug-likeness (QED) is 0.534. The van der Waals surface area contributed by atoms with Gasteiger partial charge in [-0.3, -0.25) is 4.79 Å². The number of para-hydroxylation sites is 1. The van der Waals surface area contributed by atoms with Gasteiger partial charge >= 0.3 is 0 Å². The third kappa shape index (κ3) is 2.74. The van der Waals surface area contributed by atoms with E-state index in [1.807, 2.05) is 44.2 Å². The summed E-state index contributed by atoms with van der Waals surface area (Å²) < 4.78 is 1.79. The van der Waals surface area contributed by atoms with Gasteiger partial charge in [-0.15, -0.1) is 0 Å². The minimum absolute atomic E-state index is 0.122. The number of nitrogens with zero attached hydrogens (tertiary/aromatic N) is 4. The van der Waals surface area contributed by atoms with Crippen LogP contribution in [0.4, 0.5) is 0 Å². The minimum atomic E-state index is -0.122. The largest absolute Gasteiger partial charge is 0.298 e. The lowest BCUT2D eigenvalue weighted by atomic mass is 10.2. The van der Waals surface area contributed by atoms with Crippen LogP contribution in [0.5, 0.6) is 0 Å². The summed E-state index contributed by atoms with van der Waals surface area (Å²) in [4.78, 5) is 20.5. The van der Waals surface area contributed by atoms with Crippen LogP contribution in [-0.2, 0) is 4.79 Å². The molecule has 0 saturated carbocycles. The average molecular weight is 312 g/mol. The molecule has 2 heterocycles. The predicted molar refractivity (Wildman–Crippen MR) is 87.3 cm³/mol. The fraction of sp³-hybridized carbons (Fsp3) is 0.250. The van der Waals surface area contributed by atoms with Gasteiger partial charge in [-0.25, -0.2) is 14.6 Å². The van der Waals surface area contributed by atoms with E-state index in [0.29, 0.717) is 6.42 Å². The van der Waals surface area contributed by atoms with Crippen LogP contribution in [0.3, 0.4) is 0 Å². The van der Waals surface area contributed by atoms with Crippen LogP contribution in [0.1, 0.15) is 20.3 Å². The number of ketones is 1. The molecule has 0 bridgehead atoms. The number of fused-ring (bicyclic) bond motifs is 1. The zero-order valence-electron chi connectivity index (χ0n) is 12.4. The van der Waals surface area contributed by atoms with Crippen molar-refractivity contribution < 1.29 is 4.79 Å². The SMILES string of the molecule is CCC(=O)C(C)Sc1ncnc2c1cnn2-c1ccccc1. The van der Waals surface area contributed by atoms with E-state index in [1.165, 1.54) is 18.1 Å². The van der Waals surface area contributed by atoms with Gasteiger partial charge in [-0.05, 0) is 19.1 Å². The number of thioether (sulfide) groups is 1. The number of carbonyl (C=O) groups excluding carboxylic acids is 1. The average Bonchev–Trinajstić information content (AvgIpc) is 3.00. The molecular weight excluding hydrogens is 296 g/mol. The van der Waals surface area contributed by atoms with E-state index in [4.69, 9.17) is 0 Å². The van der Waals surface area contributed by atoms with Crippen molar-refractivity contribution in [3.63, 3.8) is 0 Å². The summed E-state index contributed by atoms with van der Waals surface area (Å²) in [5, 5.41) is 5.95. The Morgan fingerprint density at radius 2 is 2.05 bits per heavy atom. The van der Waals surface area contributed by atoms with E-state index in [9.17, 15) is 4.79 Å². The van der Waals surface area contributed by atoms with Gasteiger partial charge in [0.1, 0.15) is 17.1 Å². The molecule has 112 valence electrons. The summed E-state index contributed by atoms with van der Waals surface area (Å²) in [5.74, 6) is 0.215. The number of carbonyl (C=O) groups is 1. The summed E-state index contributed by atoms with van der Waals surface area (Å²) in [6.07, 6.45) is 3.81. The van der Waals surface area contributed by atoms with Gasteiger partial charge in [-0.1, -0.05) is 36.9 Å². The minimum Gasteiger partial charge on any atom is -0.298 e. The number of hydrogen-bond acceptors (Lipinski definition) is 5. The van der Waals surface area contributed by atoms with Gasteiger partial charge in [0.25, 0.3) is 0 Å². The second kappa shape index (κ2) is 6.27. The van der Waals surface area contributed by atoms with Crippen LogP contribution in [0, 0.1) is 0 Å². The fourth-order valence-electron chi connectivity index (χ4n) is 2.20. The lowest BCUT2D eigenvalue weighted by molar-refractivity contribution is -0.118. The molecule has 1 atom stereocenters. The molecule has 3 aromatic rings. The molecule has 0 saturated heterocycles. The van der Waals surface area contributed by atoms with Crippen molar-refractivity contribution in [1.82, 2.24) is 19.7 Å². The van der Waals surface area contributed by atoms with E-state index in [-0.39, 0.29) is 11.0 Å². The highest BCUT2D eigenvalue weighted by molar-refractivity contribution is 8.00. The highest BCUT2D eigenvalue weighted by atomic mass is 32.2. The summed E-state index contributed by atoms with van der Waals surface area (Å²) in [7, 11) is 0. The Balaban J connectivity index is 2.01. The fourth-order valence-corrected chi connectivity index (χ4v) is 3.21. The van der Waals surface area contributed by atoms with Crippen LogP contribution >= 0.6 is 11.8 Å². The summed E-state index contributed by atoms with van der Waals surface area (Å²) >= 11 is 1.46. The van der Waals surface area contributed by atoms with Gasteiger partial charge in [-0.2, -0.15) is 5.10 Å². The number of aromatic nitrogens is 4. The van der Waals surface area contributed by atoms with E-state index in [2.05, 4.69) is 15.1 Å². The second-order valence-electron chi connectivity index (χ2n) is 4.89. The maximum Gasteiger partial charge on any atom is 0.167 e. The lowest BCUT2D eigenvalue weighted by Crippen LogP contribution is -2.11. The Morgan fingerprint density at radius 1 is 1.27 bits per heavy atom. The Kier molecular flexibility index (Phi) is 4.20. The van der Waals surface area contributed by atoms with Crippen molar-refractivity contribution in [1.29, 1.82) is 0 Å². The molecule has 6 heteroatoms. The van der Waals surface area contributed by atoms with Crippen molar-refractivity contribution in [2.75, 3.05) is 0 Å². The maximum absolute atomic E-state index is 11.8. The molecule has 0 amide bonds. The molecule has 5 nitrogen and oxygen atoms in total. The number of Topliss-reactive ketones (excluding diaryl/α,β-unsaturated/α-hetero) is 1. The van der Waals surface area contributed by atoms with Gasteiger partial charge in [0.2, 0.25) is 0 Å². The van der Waals surface area contributed by atoms with Crippen molar-refractivity contribution >= 4 is 28.6 Å². The highest BCUT2D eigenvalue weighted by Gasteiger charge is 2.17. The number of rotatable bonds is 5. The van der Waals surface area contributed by atoms with E-state index in [0.717, 1.165) is 21.7 Å². The molecule has 0 aliphatic carbocycles. The lowest BCUT2D eigenvalue weighted by Gasteiger charge is -2.08. The van der Waals surface area contributed by atoms with Crippen molar-refractivity contribution in [3.05, 3.63) is 42.9 Å². The third-order valence-corrected chi connectivity index (χ3v) is 4.59. The number of hydrogen-bond donors (Lipinski definition) is 0. The van der Waals surface area contributed by atoms with Crippen molar-refractivity contribution in [3.8, 4) is 5.69 Å². The molecule has 0 radical (unpaired) electrons. The standard InChI is InChI=1S/C16H16N4OS/c1-3-14(21)11(2)22-16-13-9-19-20(15(13)17-10-18-16)12-7-5-4-6-8-12/h4-11H,3H2,1-2H3. The first kappa shape index (κ1) is 14.7. The van der Waals surface area contributed by atoms with Gasteiger partial charge in [0.15, 0.2) is 5.65 Å². The molecule has 0 aliphatic heterocycles. The molecule has 0 N–H and O–H groups in total. The molecule has 1 unspecified atom stereocenters. The highest BCUT2D eigenvalue weighted by Crippen LogP contribution is 2.29. The van der Waals surface area contributed by atoms with Gasteiger partial charge in [0.05, 0.1) is 22.5 Å². The summed E-state index contributed by atoms with van der Waals surface area (Å²) in [5.41, 5.74) is 1.70. The Morgan fingerprint density at radius 3 is 2.77 bits per heavy atom. The Hall–Kier alpha value is -2.21. The number of benzene rings is 1. The monoisotopic (exact) mass is 312 g/mol. The van der Waals surface area contributed by atoms with Crippen molar-refractivity contribution in [2.24, 2.45) is 0 Å². The molecule has 1 aromatic carbocycles. The normalized spacial score (nSPS) is 12.5. The molecule has 0 spiro atoms. The van der Waals surface area contributed by atoms with E-state index < -0.39 is 0 Å². The summed E-state index contributed by atoms with van der Waals surface area (Å²) in [6, 6.07) is 9.84. The molecule has 2 aromatic heterocycles. The molecular formula is C16H16N4OS. The Bertz CT molecular complexity index is 800. The third-order valence-electron chi connectivity index (χ3n) is 3.42. The molecule has 0 fully saturated rings. The first-order chi connectivity index (χ1) is 10.7. The zero-order valence-corrected chi connectivity index (χ0v) is 13.2. The molecule has 3 rings (SSSR count). The second-order valence-corrected chi connectivity index (χ2v) is 6.22. The van der Waals surface area contributed by atoms with Crippen LogP contribution < -0.4 is 0 Å². The van der Waals surface area contributed by atoms with Crippen LogP contribution in [0.15, 0.2) is 47.9 Å². The maximum atomic E-state index is 11.8. The smallest absolute Gasteiger partial charge is 0.167 e.